The Hall–Kier alpha value is -3.09. The van der Waals surface area contributed by atoms with Crippen LogP contribution in [0.3, 0.4) is 0 Å². The number of nitrogens with one attached hydrogen (secondary N) is 1. The third-order valence-corrected chi connectivity index (χ3v) is 3.99. The van der Waals surface area contributed by atoms with Crippen molar-refractivity contribution in [3.8, 4) is 11.5 Å². The number of rotatable bonds is 5. The van der Waals surface area contributed by atoms with E-state index in [2.05, 4.69) is 5.32 Å². The lowest BCUT2D eigenvalue weighted by Crippen LogP contribution is -2.37. The van der Waals surface area contributed by atoms with Gasteiger partial charge in [0, 0.05) is 0 Å². The van der Waals surface area contributed by atoms with E-state index in [1.54, 1.807) is 31.2 Å². The standard InChI is InChI=1S/C19H18FNO5/c1-11(13-3-6-15(20)7-4-13)21-18(22)12(2)26-19(23)14-5-8-16-17(9-14)25-10-24-16/h3-9,11-12H,10H2,1-2H3,(H,21,22)/t11-,12+/m0/s1. The van der Waals surface area contributed by atoms with Crippen molar-refractivity contribution in [2.24, 2.45) is 0 Å². The van der Waals surface area contributed by atoms with E-state index in [1.165, 1.54) is 25.1 Å². The number of hydrogen-bond donors (Lipinski definition) is 1. The Bertz CT molecular complexity index is 821. The predicted molar refractivity (Wildman–Crippen MR) is 90.4 cm³/mol. The molecule has 0 saturated heterocycles. The fraction of sp³-hybridized carbons (Fsp3) is 0.263. The van der Waals surface area contributed by atoms with Gasteiger partial charge < -0.3 is 19.5 Å². The summed E-state index contributed by atoms with van der Waals surface area (Å²) in [5.74, 6) is -0.420. The molecule has 2 atom stereocenters. The number of halogens is 1. The fourth-order valence-corrected chi connectivity index (χ4v) is 2.47. The van der Waals surface area contributed by atoms with Crippen molar-refractivity contribution >= 4 is 11.9 Å². The quantitative estimate of drug-likeness (QED) is 0.831. The zero-order valence-electron chi connectivity index (χ0n) is 14.3. The highest BCUT2D eigenvalue weighted by atomic mass is 19.1. The minimum atomic E-state index is -0.990. The number of benzene rings is 2. The molecular weight excluding hydrogens is 341 g/mol. The molecule has 1 amide bonds. The maximum atomic E-state index is 13.0. The van der Waals surface area contributed by atoms with E-state index in [0.717, 1.165) is 5.56 Å². The summed E-state index contributed by atoms with van der Waals surface area (Å²) in [6.45, 7) is 3.35. The van der Waals surface area contributed by atoms with Crippen LogP contribution in [-0.2, 0) is 9.53 Å². The SMILES string of the molecule is C[C@H](NC(=O)[C@@H](C)OC(=O)c1ccc2c(c1)OCO2)c1ccc(F)cc1. The van der Waals surface area contributed by atoms with E-state index in [9.17, 15) is 14.0 Å². The molecule has 0 aliphatic carbocycles. The number of hydrogen-bond acceptors (Lipinski definition) is 5. The van der Waals surface area contributed by atoms with Gasteiger partial charge in [-0.05, 0) is 49.7 Å². The summed E-state index contributed by atoms with van der Waals surface area (Å²) in [6, 6.07) is 10.1. The number of ether oxygens (including phenoxy) is 3. The summed E-state index contributed by atoms with van der Waals surface area (Å²) >= 11 is 0. The zero-order chi connectivity index (χ0) is 18.7. The van der Waals surface area contributed by atoms with Crippen molar-refractivity contribution in [3.05, 3.63) is 59.4 Å². The highest BCUT2D eigenvalue weighted by molar-refractivity contribution is 5.93. The molecule has 2 aromatic rings. The Morgan fingerprint density at radius 1 is 1.08 bits per heavy atom. The van der Waals surface area contributed by atoms with Gasteiger partial charge in [-0.25, -0.2) is 9.18 Å². The van der Waals surface area contributed by atoms with Gasteiger partial charge in [-0.2, -0.15) is 0 Å². The highest BCUT2D eigenvalue weighted by Gasteiger charge is 2.22. The van der Waals surface area contributed by atoms with E-state index >= 15 is 0 Å². The number of carbonyl (C=O) groups excluding carboxylic acids is 2. The minimum Gasteiger partial charge on any atom is -0.454 e. The second-order valence-electron chi connectivity index (χ2n) is 5.90. The van der Waals surface area contributed by atoms with E-state index in [-0.39, 0.29) is 24.2 Å². The first-order valence-corrected chi connectivity index (χ1v) is 8.10. The molecule has 1 heterocycles. The molecule has 136 valence electrons. The van der Waals surface area contributed by atoms with Crippen molar-refractivity contribution in [1.29, 1.82) is 0 Å². The van der Waals surface area contributed by atoms with Gasteiger partial charge in [0.15, 0.2) is 17.6 Å². The highest BCUT2D eigenvalue weighted by Crippen LogP contribution is 2.32. The summed E-state index contributed by atoms with van der Waals surface area (Å²) < 4.78 is 28.6. The Balaban J connectivity index is 1.58. The van der Waals surface area contributed by atoms with E-state index < -0.39 is 18.0 Å². The van der Waals surface area contributed by atoms with Crippen LogP contribution < -0.4 is 14.8 Å². The number of fused-ring (bicyclic) bond motifs is 1. The van der Waals surface area contributed by atoms with Gasteiger partial charge in [0.2, 0.25) is 6.79 Å². The van der Waals surface area contributed by atoms with Crippen molar-refractivity contribution in [3.63, 3.8) is 0 Å². The minimum absolute atomic E-state index is 0.105. The Labute approximate surface area is 149 Å². The molecule has 1 aliphatic rings. The van der Waals surface area contributed by atoms with Gasteiger partial charge in [0.05, 0.1) is 11.6 Å². The van der Waals surface area contributed by atoms with Gasteiger partial charge in [-0.3, -0.25) is 4.79 Å². The van der Waals surface area contributed by atoms with Crippen molar-refractivity contribution in [2.45, 2.75) is 26.0 Å². The van der Waals surface area contributed by atoms with Gasteiger partial charge in [0.25, 0.3) is 5.91 Å². The summed E-state index contributed by atoms with van der Waals surface area (Å²) in [7, 11) is 0. The largest absolute Gasteiger partial charge is 0.454 e. The average molecular weight is 359 g/mol. The van der Waals surface area contributed by atoms with Crippen LogP contribution in [0.25, 0.3) is 0 Å². The fourth-order valence-electron chi connectivity index (χ4n) is 2.47. The first-order valence-electron chi connectivity index (χ1n) is 8.10. The maximum Gasteiger partial charge on any atom is 0.339 e. The van der Waals surface area contributed by atoms with Gasteiger partial charge in [-0.1, -0.05) is 12.1 Å². The molecule has 0 radical (unpaired) electrons. The maximum absolute atomic E-state index is 13.0. The van der Waals surface area contributed by atoms with Crippen molar-refractivity contribution in [2.75, 3.05) is 6.79 Å². The molecule has 0 saturated carbocycles. The molecular formula is C19H18FNO5. The Morgan fingerprint density at radius 3 is 2.50 bits per heavy atom. The lowest BCUT2D eigenvalue weighted by molar-refractivity contribution is -0.129. The third kappa shape index (κ3) is 3.93. The van der Waals surface area contributed by atoms with Crippen LogP contribution in [0, 0.1) is 5.82 Å². The van der Waals surface area contributed by atoms with Crippen molar-refractivity contribution in [1.82, 2.24) is 5.32 Å². The number of amides is 1. The molecule has 1 aliphatic heterocycles. The predicted octanol–water partition coefficient (Wildman–Crippen LogP) is 2.98. The molecule has 0 aromatic heterocycles. The van der Waals surface area contributed by atoms with Crippen LogP contribution in [0.5, 0.6) is 11.5 Å². The molecule has 1 N–H and O–H groups in total. The molecule has 0 fully saturated rings. The van der Waals surface area contributed by atoms with Gasteiger partial charge in [0.1, 0.15) is 5.82 Å². The van der Waals surface area contributed by atoms with Gasteiger partial charge >= 0.3 is 5.97 Å². The molecule has 0 unspecified atom stereocenters. The molecule has 7 heteroatoms. The van der Waals surface area contributed by atoms with Crippen LogP contribution >= 0.6 is 0 Å². The lowest BCUT2D eigenvalue weighted by atomic mass is 10.1. The average Bonchev–Trinajstić information content (AvgIpc) is 3.09. The molecule has 0 spiro atoms. The molecule has 2 aromatic carbocycles. The van der Waals surface area contributed by atoms with Crippen LogP contribution in [0.2, 0.25) is 0 Å². The van der Waals surface area contributed by atoms with Crippen LogP contribution in [0.4, 0.5) is 4.39 Å². The normalized spacial score (nSPS) is 14.4. The Morgan fingerprint density at radius 2 is 1.77 bits per heavy atom. The van der Waals surface area contributed by atoms with Gasteiger partial charge in [-0.15, -0.1) is 0 Å². The first kappa shape index (κ1) is 17.7. The molecule has 0 bridgehead atoms. The summed E-state index contributed by atoms with van der Waals surface area (Å²) in [4.78, 5) is 24.5. The molecule has 6 nitrogen and oxygen atoms in total. The number of carbonyl (C=O) groups is 2. The zero-order valence-corrected chi connectivity index (χ0v) is 14.3. The smallest absolute Gasteiger partial charge is 0.339 e. The summed E-state index contributed by atoms with van der Waals surface area (Å²) in [5, 5.41) is 2.73. The van der Waals surface area contributed by atoms with Crippen LogP contribution in [0.15, 0.2) is 42.5 Å². The molecule has 3 rings (SSSR count). The second kappa shape index (κ2) is 7.43. The lowest BCUT2D eigenvalue weighted by Gasteiger charge is -2.18. The van der Waals surface area contributed by atoms with Crippen molar-refractivity contribution < 1.29 is 28.2 Å². The first-order chi connectivity index (χ1) is 12.4. The monoisotopic (exact) mass is 359 g/mol. The van der Waals surface area contributed by atoms with Crippen LogP contribution in [0.1, 0.15) is 35.8 Å². The number of esters is 1. The molecule has 26 heavy (non-hydrogen) atoms. The van der Waals surface area contributed by atoms with E-state index in [1.807, 2.05) is 0 Å². The summed E-state index contributed by atoms with van der Waals surface area (Å²) in [6.07, 6.45) is -0.990. The van der Waals surface area contributed by atoms with E-state index in [0.29, 0.717) is 11.5 Å². The summed E-state index contributed by atoms with van der Waals surface area (Å²) in [5.41, 5.74) is 1.01. The van der Waals surface area contributed by atoms with E-state index in [4.69, 9.17) is 14.2 Å². The second-order valence-corrected chi connectivity index (χ2v) is 5.90. The topological polar surface area (TPSA) is 73.9 Å². The third-order valence-electron chi connectivity index (χ3n) is 3.99. The Kier molecular flexibility index (Phi) is 5.06. The van der Waals surface area contributed by atoms with Crippen LogP contribution in [-0.4, -0.2) is 24.8 Å².